The molecule has 8 heteroatoms. The van der Waals surface area contributed by atoms with E-state index in [0.29, 0.717) is 18.3 Å². The minimum atomic E-state index is -4.52. The molecule has 0 aliphatic carbocycles. The van der Waals surface area contributed by atoms with Crippen molar-refractivity contribution < 1.29 is 18.0 Å². The predicted molar refractivity (Wildman–Crippen MR) is 74.3 cm³/mol. The van der Waals surface area contributed by atoms with Gasteiger partial charge in [0.15, 0.2) is 0 Å². The van der Waals surface area contributed by atoms with E-state index in [-0.39, 0.29) is 5.56 Å². The molecule has 0 aliphatic heterocycles. The molecule has 1 amide bonds. The van der Waals surface area contributed by atoms with E-state index in [1.807, 2.05) is 13.8 Å². The molecule has 0 aromatic carbocycles. The third-order valence-corrected chi connectivity index (χ3v) is 2.81. The molecule has 0 radical (unpaired) electrons. The highest BCUT2D eigenvalue weighted by Gasteiger charge is 2.32. The van der Waals surface area contributed by atoms with Crippen molar-refractivity contribution in [3.63, 3.8) is 0 Å². The van der Waals surface area contributed by atoms with E-state index in [2.05, 4.69) is 15.4 Å². The van der Waals surface area contributed by atoms with E-state index in [1.54, 1.807) is 16.9 Å². The highest BCUT2D eigenvalue weighted by Crippen LogP contribution is 2.27. The largest absolute Gasteiger partial charge is 0.433 e. The first-order valence-electron chi connectivity index (χ1n) is 6.64. The van der Waals surface area contributed by atoms with Crippen molar-refractivity contribution in [2.75, 3.05) is 5.32 Å². The lowest BCUT2D eigenvalue weighted by atomic mass is 10.2. The number of nitrogens with one attached hydrogen (secondary N) is 1. The van der Waals surface area contributed by atoms with Gasteiger partial charge in [-0.25, -0.2) is 4.68 Å². The summed E-state index contributed by atoms with van der Waals surface area (Å²) in [6.45, 7) is 4.63. The minimum absolute atomic E-state index is 0.0466. The molecule has 2 aromatic heterocycles. The Bertz CT molecular complexity index is 647. The Balaban J connectivity index is 2.11. The Hall–Kier alpha value is -2.38. The first-order valence-corrected chi connectivity index (χ1v) is 6.64. The second kappa shape index (κ2) is 6.17. The monoisotopic (exact) mass is 312 g/mol. The van der Waals surface area contributed by atoms with Crippen LogP contribution in [0.15, 0.2) is 30.6 Å². The van der Waals surface area contributed by atoms with E-state index >= 15 is 0 Å². The summed E-state index contributed by atoms with van der Waals surface area (Å²) in [6, 6.07) is 3.49. The Morgan fingerprint density at radius 1 is 1.32 bits per heavy atom. The number of hydrogen-bond acceptors (Lipinski definition) is 3. The van der Waals surface area contributed by atoms with Gasteiger partial charge < -0.3 is 5.32 Å². The molecule has 0 atom stereocenters. The van der Waals surface area contributed by atoms with Crippen molar-refractivity contribution >= 4 is 11.7 Å². The summed E-state index contributed by atoms with van der Waals surface area (Å²) in [6.07, 6.45) is -2.07. The van der Waals surface area contributed by atoms with Gasteiger partial charge in [-0.2, -0.15) is 18.3 Å². The van der Waals surface area contributed by atoms with Crippen LogP contribution in [0.5, 0.6) is 0 Å². The standard InChI is InChI=1S/C14H15F3N4O/c1-9(2)8-21-12(5-6-19-21)20-13(22)10-3-4-11(18-7-10)14(15,16)17/h3-7,9H,8H2,1-2H3,(H,20,22). The molecule has 0 aliphatic rings. The van der Waals surface area contributed by atoms with E-state index in [1.165, 1.54) is 0 Å². The zero-order valence-corrected chi connectivity index (χ0v) is 12.1. The Morgan fingerprint density at radius 2 is 2.05 bits per heavy atom. The highest BCUT2D eigenvalue weighted by molar-refractivity contribution is 6.03. The van der Waals surface area contributed by atoms with E-state index in [4.69, 9.17) is 0 Å². The number of hydrogen-bond donors (Lipinski definition) is 1. The fourth-order valence-corrected chi connectivity index (χ4v) is 1.81. The summed E-state index contributed by atoms with van der Waals surface area (Å²) in [5.74, 6) is 0.286. The molecule has 0 saturated carbocycles. The maximum atomic E-state index is 12.4. The van der Waals surface area contributed by atoms with Crippen molar-refractivity contribution in [3.8, 4) is 0 Å². The molecule has 0 unspecified atom stereocenters. The van der Waals surface area contributed by atoms with Crippen LogP contribution in [-0.2, 0) is 12.7 Å². The van der Waals surface area contributed by atoms with Gasteiger partial charge in [-0.15, -0.1) is 0 Å². The average molecular weight is 312 g/mol. The number of carbonyl (C=O) groups excluding carboxylic acids is 1. The minimum Gasteiger partial charge on any atom is -0.307 e. The zero-order chi connectivity index (χ0) is 16.3. The molecule has 0 bridgehead atoms. The molecule has 2 rings (SSSR count). The normalized spacial score (nSPS) is 11.7. The van der Waals surface area contributed by atoms with Gasteiger partial charge in [0.2, 0.25) is 0 Å². The van der Waals surface area contributed by atoms with Crippen LogP contribution >= 0.6 is 0 Å². The van der Waals surface area contributed by atoms with Crippen LogP contribution in [0, 0.1) is 5.92 Å². The molecule has 0 fully saturated rings. The maximum Gasteiger partial charge on any atom is 0.433 e. The molecule has 2 heterocycles. The maximum absolute atomic E-state index is 12.4. The molecule has 2 aromatic rings. The molecule has 0 saturated heterocycles. The number of halogens is 3. The lowest BCUT2D eigenvalue weighted by Crippen LogP contribution is -2.18. The lowest BCUT2D eigenvalue weighted by Gasteiger charge is -2.11. The quantitative estimate of drug-likeness (QED) is 0.943. The fourth-order valence-electron chi connectivity index (χ4n) is 1.81. The zero-order valence-electron chi connectivity index (χ0n) is 12.1. The van der Waals surface area contributed by atoms with E-state index < -0.39 is 17.8 Å². The fraction of sp³-hybridized carbons (Fsp3) is 0.357. The first kappa shape index (κ1) is 16.0. The number of aromatic nitrogens is 3. The lowest BCUT2D eigenvalue weighted by molar-refractivity contribution is -0.141. The smallest absolute Gasteiger partial charge is 0.307 e. The van der Waals surface area contributed by atoms with Crippen molar-refractivity contribution in [1.82, 2.24) is 14.8 Å². The number of alkyl halides is 3. The Kier molecular flexibility index (Phi) is 4.48. The van der Waals surface area contributed by atoms with Gasteiger partial charge in [-0.3, -0.25) is 9.78 Å². The van der Waals surface area contributed by atoms with Crippen molar-refractivity contribution in [2.24, 2.45) is 5.92 Å². The predicted octanol–water partition coefficient (Wildman–Crippen LogP) is 3.21. The van der Waals surface area contributed by atoms with Crippen molar-refractivity contribution in [3.05, 3.63) is 41.9 Å². The van der Waals surface area contributed by atoms with Gasteiger partial charge in [-0.05, 0) is 18.1 Å². The van der Waals surface area contributed by atoms with Crippen LogP contribution in [0.25, 0.3) is 0 Å². The van der Waals surface area contributed by atoms with Crippen molar-refractivity contribution in [2.45, 2.75) is 26.6 Å². The van der Waals surface area contributed by atoms with Gasteiger partial charge >= 0.3 is 6.18 Å². The molecule has 118 valence electrons. The summed E-state index contributed by atoms with van der Waals surface area (Å²) in [7, 11) is 0. The Labute approximate surface area is 125 Å². The van der Waals surface area contributed by atoms with E-state index in [0.717, 1.165) is 18.3 Å². The third kappa shape index (κ3) is 3.84. The third-order valence-electron chi connectivity index (χ3n) is 2.81. The van der Waals surface area contributed by atoms with Crippen LogP contribution in [0.4, 0.5) is 19.0 Å². The SMILES string of the molecule is CC(C)Cn1nccc1NC(=O)c1ccc(C(F)(F)F)nc1. The number of nitrogens with zero attached hydrogens (tertiary/aromatic N) is 3. The van der Waals surface area contributed by atoms with Crippen LogP contribution < -0.4 is 5.32 Å². The van der Waals surface area contributed by atoms with Crippen LogP contribution in [0.2, 0.25) is 0 Å². The molecule has 5 nitrogen and oxygen atoms in total. The van der Waals surface area contributed by atoms with Gasteiger partial charge in [0, 0.05) is 18.8 Å². The first-order chi connectivity index (χ1) is 10.3. The van der Waals surface area contributed by atoms with Gasteiger partial charge in [0.1, 0.15) is 11.5 Å². The van der Waals surface area contributed by atoms with Crippen LogP contribution in [0.3, 0.4) is 0 Å². The van der Waals surface area contributed by atoms with E-state index in [9.17, 15) is 18.0 Å². The van der Waals surface area contributed by atoms with Gasteiger partial charge in [-0.1, -0.05) is 13.8 Å². The molecule has 1 N–H and O–H groups in total. The number of anilines is 1. The number of carbonyl (C=O) groups is 1. The number of pyridine rings is 1. The summed E-state index contributed by atoms with van der Waals surface area (Å²) in [5.41, 5.74) is -0.987. The molecular weight excluding hydrogens is 297 g/mol. The highest BCUT2D eigenvalue weighted by atomic mass is 19.4. The van der Waals surface area contributed by atoms with Crippen molar-refractivity contribution in [1.29, 1.82) is 0 Å². The summed E-state index contributed by atoms with van der Waals surface area (Å²) in [4.78, 5) is 15.3. The second-order valence-corrected chi connectivity index (χ2v) is 5.18. The van der Waals surface area contributed by atoms with Gasteiger partial charge in [0.05, 0.1) is 11.8 Å². The van der Waals surface area contributed by atoms with Crippen LogP contribution in [0.1, 0.15) is 29.9 Å². The summed E-state index contributed by atoms with van der Waals surface area (Å²) >= 11 is 0. The summed E-state index contributed by atoms with van der Waals surface area (Å²) < 4.78 is 38.9. The van der Waals surface area contributed by atoms with Crippen LogP contribution in [-0.4, -0.2) is 20.7 Å². The average Bonchev–Trinajstić information content (AvgIpc) is 2.84. The second-order valence-electron chi connectivity index (χ2n) is 5.18. The number of rotatable bonds is 4. The Morgan fingerprint density at radius 3 is 2.59 bits per heavy atom. The van der Waals surface area contributed by atoms with Gasteiger partial charge in [0.25, 0.3) is 5.91 Å². The molecular formula is C14H15F3N4O. The summed E-state index contributed by atoms with van der Waals surface area (Å²) in [5, 5.41) is 6.70. The topological polar surface area (TPSA) is 59.8 Å². The number of amides is 1. The molecule has 0 spiro atoms. The molecule has 22 heavy (non-hydrogen) atoms.